The zero-order valence-electron chi connectivity index (χ0n) is 17.2. The lowest BCUT2D eigenvalue weighted by Gasteiger charge is -2.24. The fourth-order valence-corrected chi connectivity index (χ4v) is 6.34. The van der Waals surface area contributed by atoms with Crippen LogP contribution in [0.3, 0.4) is 0 Å². The number of sulfone groups is 1. The summed E-state index contributed by atoms with van der Waals surface area (Å²) in [5.74, 6) is -0.247. The summed E-state index contributed by atoms with van der Waals surface area (Å²) in [5, 5.41) is 3.62. The molecule has 166 valence electrons. The third kappa shape index (κ3) is 4.32. The fraction of sp³-hybridized carbons (Fsp3) is 0.333. The number of nitrogens with zero attached hydrogens (tertiary/aromatic N) is 1. The SMILES string of the molecule is Cn1c(S(=O)(=O)Nc2ccc(C3CCNCC3)cc2S(C)(=O)=O)cc2cc(F)ccc21. The molecule has 0 radical (unpaired) electrons. The maximum Gasteiger partial charge on any atom is 0.277 e. The normalized spacial score (nSPS) is 16.0. The lowest BCUT2D eigenvalue weighted by molar-refractivity contribution is 0.460. The molecule has 0 unspecified atom stereocenters. The number of piperidine rings is 1. The molecule has 0 spiro atoms. The van der Waals surface area contributed by atoms with E-state index in [2.05, 4.69) is 10.0 Å². The van der Waals surface area contributed by atoms with Gasteiger partial charge in [-0.05, 0) is 73.8 Å². The predicted molar refractivity (Wildman–Crippen MR) is 118 cm³/mol. The Bertz CT molecular complexity index is 1360. The topological polar surface area (TPSA) is 97.3 Å². The zero-order valence-corrected chi connectivity index (χ0v) is 18.9. The molecule has 0 saturated carbocycles. The number of hydrogen-bond donors (Lipinski definition) is 2. The van der Waals surface area contributed by atoms with Crippen LogP contribution in [0.15, 0.2) is 52.4 Å². The number of benzene rings is 2. The van der Waals surface area contributed by atoms with Gasteiger partial charge in [0.05, 0.1) is 10.6 Å². The number of anilines is 1. The van der Waals surface area contributed by atoms with E-state index in [-0.39, 0.29) is 21.5 Å². The largest absolute Gasteiger partial charge is 0.333 e. The molecule has 1 aliphatic heterocycles. The van der Waals surface area contributed by atoms with E-state index in [1.165, 1.54) is 34.9 Å². The first kappa shape index (κ1) is 21.8. The van der Waals surface area contributed by atoms with Gasteiger partial charge < -0.3 is 9.88 Å². The Labute approximate surface area is 181 Å². The van der Waals surface area contributed by atoms with Gasteiger partial charge in [0.15, 0.2) is 14.9 Å². The second-order valence-corrected chi connectivity index (χ2v) is 11.5. The van der Waals surface area contributed by atoms with E-state index in [4.69, 9.17) is 0 Å². The van der Waals surface area contributed by atoms with E-state index < -0.39 is 25.7 Å². The maximum absolute atomic E-state index is 13.6. The lowest BCUT2D eigenvalue weighted by Crippen LogP contribution is -2.26. The van der Waals surface area contributed by atoms with Crippen LogP contribution in [-0.4, -0.2) is 40.7 Å². The number of fused-ring (bicyclic) bond motifs is 1. The van der Waals surface area contributed by atoms with Gasteiger partial charge in [-0.15, -0.1) is 0 Å². The molecule has 2 N–H and O–H groups in total. The number of sulfonamides is 1. The van der Waals surface area contributed by atoms with E-state index in [1.54, 1.807) is 19.2 Å². The van der Waals surface area contributed by atoms with Crippen molar-refractivity contribution in [3.8, 4) is 0 Å². The van der Waals surface area contributed by atoms with E-state index in [9.17, 15) is 21.2 Å². The van der Waals surface area contributed by atoms with Crippen LogP contribution < -0.4 is 10.0 Å². The highest BCUT2D eigenvalue weighted by Crippen LogP contribution is 2.32. The Hall–Kier alpha value is -2.43. The Kier molecular flexibility index (Phi) is 5.57. The van der Waals surface area contributed by atoms with Crippen LogP contribution in [0.5, 0.6) is 0 Å². The van der Waals surface area contributed by atoms with Crippen LogP contribution in [-0.2, 0) is 26.9 Å². The number of aromatic nitrogens is 1. The van der Waals surface area contributed by atoms with E-state index in [1.807, 2.05) is 0 Å². The first-order valence-electron chi connectivity index (χ1n) is 9.89. The molecule has 0 amide bonds. The molecule has 0 atom stereocenters. The number of rotatable bonds is 5. The molecule has 0 aliphatic carbocycles. The summed E-state index contributed by atoms with van der Waals surface area (Å²) in [6.07, 6.45) is 2.84. The van der Waals surface area contributed by atoms with Gasteiger partial charge in [0, 0.05) is 24.2 Å². The number of halogens is 1. The second-order valence-electron chi connectivity index (χ2n) is 7.90. The predicted octanol–water partition coefficient (Wildman–Crippen LogP) is 2.99. The third-order valence-electron chi connectivity index (χ3n) is 5.70. The summed E-state index contributed by atoms with van der Waals surface area (Å²) in [4.78, 5) is -0.0584. The van der Waals surface area contributed by atoms with Crippen molar-refractivity contribution in [2.75, 3.05) is 24.1 Å². The molecule has 7 nitrogen and oxygen atoms in total. The van der Waals surface area contributed by atoms with Gasteiger partial charge in [-0.2, -0.15) is 8.42 Å². The molecule has 4 rings (SSSR count). The van der Waals surface area contributed by atoms with Gasteiger partial charge >= 0.3 is 0 Å². The molecule has 3 aromatic rings. The second kappa shape index (κ2) is 7.92. The van der Waals surface area contributed by atoms with Crippen LogP contribution >= 0.6 is 0 Å². The smallest absolute Gasteiger partial charge is 0.277 e. The highest BCUT2D eigenvalue weighted by atomic mass is 32.2. The summed E-state index contributed by atoms with van der Waals surface area (Å²) >= 11 is 0. The minimum absolute atomic E-state index is 0.00313. The number of aryl methyl sites for hydroxylation is 1. The van der Waals surface area contributed by atoms with Gasteiger partial charge in [0.1, 0.15) is 5.82 Å². The van der Waals surface area contributed by atoms with Crippen molar-refractivity contribution >= 4 is 36.5 Å². The van der Waals surface area contributed by atoms with E-state index >= 15 is 0 Å². The summed E-state index contributed by atoms with van der Waals surface area (Å²) in [6.45, 7) is 1.71. The molecule has 10 heteroatoms. The van der Waals surface area contributed by atoms with Crippen molar-refractivity contribution in [2.24, 2.45) is 7.05 Å². The van der Waals surface area contributed by atoms with Gasteiger partial charge in [0.25, 0.3) is 10.0 Å². The van der Waals surface area contributed by atoms with Gasteiger partial charge in [-0.1, -0.05) is 6.07 Å². The lowest BCUT2D eigenvalue weighted by atomic mass is 9.90. The number of hydrogen-bond acceptors (Lipinski definition) is 5. The van der Waals surface area contributed by atoms with Gasteiger partial charge in [-0.25, -0.2) is 12.8 Å². The third-order valence-corrected chi connectivity index (χ3v) is 8.26. The van der Waals surface area contributed by atoms with Crippen molar-refractivity contribution in [1.29, 1.82) is 0 Å². The average molecular weight is 466 g/mol. The van der Waals surface area contributed by atoms with Crippen LogP contribution in [0.25, 0.3) is 10.9 Å². The molecule has 1 fully saturated rings. The van der Waals surface area contributed by atoms with Gasteiger partial charge in [-0.3, -0.25) is 4.72 Å². The summed E-state index contributed by atoms with van der Waals surface area (Å²) in [5.41, 5.74) is 1.42. The molecule has 2 heterocycles. The molecule has 1 aliphatic rings. The van der Waals surface area contributed by atoms with E-state index in [0.29, 0.717) is 10.9 Å². The fourth-order valence-electron chi connectivity index (χ4n) is 4.09. The Balaban J connectivity index is 1.75. The molecule has 0 bridgehead atoms. The molecule has 2 aromatic carbocycles. The Morgan fingerprint density at radius 3 is 2.42 bits per heavy atom. The van der Waals surface area contributed by atoms with Crippen molar-refractivity contribution in [1.82, 2.24) is 9.88 Å². The Morgan fingerprint density at radius 1 is 1.03 bits per heavy atom. The first-order valence-corrected chi connectivity index (χ1v) is 13.3. The average Bonchev–Trinajstić information content (AvgIpc) is 3.04. The quantitative estimate of drug-likeness (QED) is 0.604. The first-order chi connectivity index (χ1) is 14.6. The minimum Gasteiger partial charge on any atom is -0.333 e. The molecule has 1 aromatic heterocycles. The summed E-state index contributed by atoms with van der Waals surface area (Å²) in [7, 11) is -6.25. The molecular formula is C21H24FN3O4S2. The summed E-state index contributed by atoms with van der Waals surface area (Å²) in [6, 6.07) is 10.2. The minimum atomic E-state index is -4.12. The maximum atomic E-state index is 13.6. The molecule has 1 saturated heterocycles. The molecular weight excluding hydrogens is 441 g/mol. The van der Waals surface area contributed by atoms with Crippen LogP contribution in [0.2, 0.25) is 0 Å². The zero-order chi connectivity index (χ0) is 22.4. The van der Waals surface area contributed by atoms with E-state index in [0.717, 1.165) is 37.8 Å². The van der Waals surface area contributed by atoms with Gasteiger partial charge in [0.2, 0.25) is 0 Å². The Morgan fingerprint density at radius 2 is 1.74 bits per heavy atom. The van der Waals surface area contributed by atoms with Crippen molar-refractivity contribution in [3.05, 3.63) is 53.8 Å². The summed E-state index contributed by atoms with van der Waals surface area (Å²) < 4.78 is 68.6. The van der Waals surface area contributed by atoms with Crippen molar-refractivity contribution < 1.29 is 21.2 Å². The van der Waals surface area contributed by atoms with Crippen LogP contribution in [0.1, 0.15) is 24.3 Å². The molecule has 31 heavy (non-hydrogen) atoms. The van der Waals surface area contributed by atoms with Crippen molar-refractivity contribution in [2.45, 2.75) is 28.7 Å². The van der Waals surface area contributed by atoms with Crippen LogP contribution in [0.4, 0.5) is 10.1 Å². The highest BCUT2D eigenvalue weighted by Gasteiger charge is 2.25. The highest BCUT2D eigenvalue weighted by molar-refractivity contribution is 7.93. The van der Waals surface area contributed by atoms with Crippen LogP contribution in [0, 0.1) is 5.82 Å². The van der Waals surface area contributed by atoms with Crippen molar-refractivity contribution in [3.63, 3.8) is 0 Å². The number of nitrogens with one attached hydrogen (secondary N) is 2. The monoisotopic (exact) mass is 465 g/mol. The standard InChI is InChI=1S/C21H24FN3O4S2/c1-25-19-6-4-17(22)11-16(19)13-21(25)31(28,29)24-18-5-3-15(12-20(18)30(2,26)27)14-7-9-23-10-8-14/h3-6,11-14,23-24H,7-10H2,1-2H3.